The van der Waals surface area contributed by atoms with Crippen molar-refractivity contribution in [3.05, 3.63) is 52.5 Å². The molecule has 172 valence electrons. The van der Waals surface area contributed by atoms with Crippen LogP contribution in [0.1, 0.15) is 50.4 Å². The van der Waals surface area contributed by atoms with Crippen molar-refractivity contribution in [2.75, 3.05) is 37.7 Å². The lowest BCUT2D eigenvalue weighted by Crippen LogP contribution is -2.38. The van der Waals surface area contributed by atoms with E-state index < -0.39 is 0 Å². The first kappa shape index (κ1) is 24.7. The minimum absolute atomic E-state index is 0.0470. The van der Waals surface area contributed by atoms with Gasteiger partial charge < -0.3 is 9.64 Å². The zero-order valence-corrected chi connectivity index (χ0v) is 21.5. The Kier molecular flexibility index (Phi) is 9.51. The number of likely N-dealkylation sites (N-methyl/N-ethyl adjacent to an activating group) is 1. The maximum Gasteiger partial charge on any atom is 0.260 e. The van der Waals surface area contributed by atoms with Crippen LogP contribution in [0, 0.1) is 0 Å². The molecular formula is C25H32BrN3O2S. The van der Waals surface area contributed by atoms with Crippen LogP contribution in [0.25, 0.3) is 10.2 Å². The summed E-state index contributed by atoms with van der Waals surface area (Å²) in [6.07, 6.45) is 3.32. The van der Waals surface area contributed by atoms with Crippen LogP contribution in [0.15, 0.2) is 46.9 Å². The Labute approximate surface area is 203 Å². The summed E-state index contributed by atoms with van der Waals surface area (Å²) in [5.41, 5.74) is 1.53. The summed E-state index contributed by atoms with van der Waals surface area (Å²) >= 11 is 5.08. The molecule has 0 saturated heterocycles. The van der Waals surface area contributed by atoms with Gasteiger partial charge in [0.2, 0.25) is 0 Å². The van der Waals surface area contributed by atoms with Crippen LogP contribution in [0.4, 0.5) is 5.13 Å². The molecule has 1 amide bonds. The number of fused-ring (bicyclic) bond motifs is 1. The van der Waals surface area contributed by atoms with Crippen LogP contribution in [0.5, 0.6) is 5.75 Å². The van der Waals surface area contributed by atoms with Gasteiger partial charge in [0, 0.05) is 23.1 Å². The van der Waals surface area contributed by atoms with E-state index in [4.69, 9.17) is 9.72 Å². The highest BCUT2D eigenvalue weighted by molar-refractivity contribution is 9.10. The van der Waals surface area contributed by atoms with Crippen LogP contribution in [0.2, 0.25) is 0 Å². The maximum atomic E-state index is 13.6. The number of rotatable bonds is 12. The molecule has 0 aliphatic heterocycles. The second kappa shape index (κ2) is 12.3. The van der Waals surface area contributed by atoms with Gasteiger partial charge in [-0.2, -0.15) is 0 Å². The number of carbonyl (C=O) groups excluding carboxylic acids is 1. The minimum Gasteiger partial charge on any atom is -0.494 e. The Morgan fingerprint density at radius 3 is 2.62 bits per heavy atom. The molecule has 0 spiro atoms. The summed E-state index contributed by atoms with van der Waals surface area (Å²) in [4.78, 5) is 22.5. The first-order valence-electron chi connectivity index (χ1n) is 11.4. The number of nitrogens with zero attached hydrogens (tertiary/aromatic N) is 3. The second-order valence-corrected chi connectivity index (χ2v) is 9.60. The Balaban J connectivity index is 1.85. The fourth-order valence-corrected chi connectivity index (χ4v) is 5.03. The Hall–Kier alpha value is -1.96. The number of thiazole rings is 1. The third-order valence-corrected chi connectivity index (χ3v) is 6.98. The van der Waals surface area contributed by atoms with Gasteiger partial charge in [0.1, 0.15) is 5.75 Å². The van der Waals surface area contributed by atoms with Crippen molar-refractivity contribution >= 4 is 48.5 Å². The van der Waals surface area contributed by atoms with Gasteiger partial charge in [0.15, 0.2) is 5.13 Å². The van der Waals surface area contributed by atoms with Gasteiger partial charge in [-0.15, -0.1) is 0 Å². The van der Waals surface area contributed by atoms with Crippen molar-refractivity contribution in [2.24, 2.45) is 0 Å². The van der Waals surface area contributed by atoms with Gasteiger partial charge >= 0.3 is 0 Å². The first-order chi connectivity index (χ1) is 15.5. The molecule has 0 fully saturated rings. The normalized spacial score (nSPS) is 11.3. The fourth-order valence-electron chi connectivity index (χ4n) is 3.48. The molecule has 0 unspecified atom stereocenters. The number of unbranched alkanes of at least 4 members (excludes halogenated alkanes) is 2. The van der Waals surface area contributed by atoms with Gasteiger partial charge in [-0.3, -0.25) is 9.69 Å². The fraction of sp³-hybridized carbons (Fsp3) is 0.440. The van der Waals surface area contributed by atoms with E-state index in [1.807, 2.05) is 47.4 Å². The molecule has 5 nitrogen and oxygen atoms in total. The molecule has 3 rings (SSSR count). The summed E-state index contributed by atoms with van der Waals surface area (Å²) < 4.78 is 7.95. The van der Waals surface area contributed by atoms with Crippen molar-refractivity contribution in [3.8, 4) is 5.75 Å². The van der Waals surface area contributed by atoms with Crippen molar-refractivity contribution < 1.29 is 9.53 Å². The third kappa shape index (κ3) is 6.53. The SMILES string of the molecule is CCCCCOc1cccc(C(=O)N(CCN(CC)CC)c2nc3ccc(Br)cc3s2)c1. The molecule has 32 heavy (non-hydrogen) atoms. The van der Waals surface area contributed by atoms with Crippen molar-refractivity contribution in [2.45, 2.75) is 40.0 Å². The Morgan fingerprint density at radius 2 is 1.88 bits per heavy atom. The maximum absolute atomic E-state index is 13.6. The molecular weight excluding hydrogens is 486 g/mol. The Morgan fingerprint density at radius 1 is 1.06 bits per heavy atom. The number of aromatic nitrogens is 1. The van der Waals surface area contributed by atoms with E-state index in [1.165, 1.54) is 0 Å². The summed E-state index contributed by atoms with van der Waals surface area (Å²) in [7, 11) is 0. The number of hydrogen-bond donors (Lipinski definition) is 0. The average Bonchev–Trinajstić information content (AvgIpc) is 3.22. The zero-order chi connectivity index (χ0) is 22.9. The van der Waals surface area contributed by atoms with E-state index in [0.717, 1.165) is 64.5 Å². The highest BCUT2D eigenvalue weighted by Gasteiger charge is 2.22. The number of carbonyl (C=O) groups is 1. The molecule has 7 heteroatoms. The molecule has 0 atom stereocenters. The standard InChI is InChI=1S/C25H32BrN3O2S/c1-4-7-8-16-31-21-11-9-10-19(17-21)24(30)29(15-14-28(5-2)6-3)25-27-22-13-12-20(26)18-23(22)32-25/h9-13,17-18H,4-8,14-16H2,1-3H3. The highest BCUT2D eigenvalue weighted by atomic mass is 79.9. The van der Waals surface area contributed by atoms with Crippen molar-refractivity contribution in [3.63, 3.8) is 0 Å². The van der Waals surface area contributed by atoms with E-state index in [2.05, 4.69) is 41.6 Å². The largest absolute Gasteiger partial charge is 0.494 e. The van der Waals surface area contributed by atoms with Crippen LogP contribution in [-0.2, 0) is 0 Å². The summed E-state index contributed by atoms with van der Waals surface area (Å²) in [6.45, 7) is 10.4. The van der Waals surface area contributed by atoms with Gasteiger partial charge in [0.05, 0.1) is 16.8 Å². The van der Waals surface area contributed by atoms with Gasteiger partial charge in [-0.05, 0) is 55.9 Å². The van der Waals surface area contributed by atoms with E-state index >= 15 is 0 Å². The summed E-state index contributed by atoms with van der Waals surface area (Å²) in [6, 6.07) is 13.5. The van der Waals surface area contributed by atoms with E-state index in [1.54, 1.807) is 11.3 Å². The number of amides is 1. The van der Waals surface area contributed by atoms with Gasteiger partial charge in [-0.1, -0.05) is 66.9 Å². The zero-order valence-electron chi connectivity index (χ0n) is 19.1. The molecule has 0 radical (unpaired) electrons. The average molecular weight is 519 g/mol. The second-order valence-electron chi connectivity index (χ2n) is 7.68. The molecule has 2 aromatic carbocycles. The quantitative estimate of drug-likeness (QED) is 0.253. The van der Waals surface area contributed by atoms with Crippen LogP contribution in [-0.4, -0.2) is 48.6 Å². The lowest BCUT2D eigenvalue weighted by Gasteiger charge is -2.25. The molecule has 0 aliphatic rings. The third-order valence-electron chi connectivity index (χ3n) is 5.45. The predicted octanol–water partition coefficient (Wildman–Crippen LogP) is 6.62. The monoisotopic (exact) mass is 517 g/mol. The van der Waals surface area contributed by atoms with Crippen LogP contribution in [0.3, 0.4) is 0 Å². The molecule has 0 N–H and O–H groups in total. The van der Waals surface area contributed by atoms with Gasteiger partial charge in [0.25, 0.3) is 5.91 Å². The predicted molar refractivity (Wildman–Crippen MR) is 138 cm³/mol. The molecule has 1 aromatic heterocycles. The lowest BCUT2D eigenvalue weighted by atomic mass is 10.2. The summed E-state index contributed by atoms with van der Waals surface area (Å²) in [5.74, 6) is 0.693. The molecule has 3 aromatic rings. The molecule has 0 saturated carbocycles. The molecule has 1 heterocycles. The minimum atomic E-state index is -0.0470. The number of benzene rings is 2. The number of hydrogen-bond acceptors (Lipinski definition) is 5. The number of anilines is 1. The van der Waals surface area contributed by atoms with Crippen LogP contribution >= 0.6 is 27.3 Å². The van der Waals surface area contributed by atoms with Crippen molar-refractivity contribution in [1.82, 2.24) is 9.88 Å². The number of halogens is 1. The van der Waals surface area contributed by atoms with Crippen molar-refractivity contribution in [1.29, 1.82) is 0 Å². The lowest BCUT2D eigenvalue weighted by molar-refractivity contribution is 0.0983. The van der Waals surface area contributed by atoms with E-state index in [0.29, 0.717) is 18.7 Å². The van der Waals surface area contributed by atoms with Crippen LogP contribution < -0.4 is 9.64 Å². The number of ether oxygens (including phenoxy) is 1. The van der Waals surface area contributed by atoms with Gasteiger partial charge in [-0.25, -0.2) is 4.98 Å². The molecule has 0 bridgehead atoms. The van der Waals surface area contributed by atoms with E-state index in [9.17, 15) is 4.79 Å². The molecule has 0 aliphatic carbocycles. The smallest absolute Gasteiger partial charge is 0.260 e. The first-order valence-corrected chi connectivity index (χ1v) is 13.0. The Bertz CT molecular complexity index is 1020. The van der Waals surface area contributed by atoms with E-state index in [-0.39, 0.29) is 5.91 Å². The highest BCUT2D eigenvalue weighted by Crippen LogP contribution is 2.32. The topological polar surface area (TPSA) is 45.7 Å². The summed E-state index contributed by atoms with van der Waals surface area (Å²) in [5, 5.41) is 0.726.